The topological polar surface area (TPSA) is 32.3 Å². The molecule has 1 N–H and O–H groups in total. The van der Waals surface area contributed by atoms with Crippen LogP contribution in [0.25, 0.3) is 21.2 Å². The maximum Gasteiger partial charge on any atom is 0.265 e. The highest BCUT2D eigenvalue weighted by molar-refractivity contribution is 7.20. The molecule has 3 aromatic carbocycles. The van der Waals surface area contributed by atoms with Gasteiger partial charge in [-0.25, -0.2) is 0 Å². The molecule has 0 spiro atoms. The van der Waals surface area contributed by atoms with Crippen LogP contribution in [0.4, 0.5) is 5.69 Å². The summed E-state index contributed by atoms with van der Waals surface area (Å²) in [6.45, 7) is 2.09. The summed E-state index contributed by atoms with van der Waals surface area (Å²) in [5, 5.41) is 4.28. The van der Waals surface area contributed by atoms with Gasteiger partial charge in [-0.1, -0.05) is 48.5 Å². The van der Waals surface area contributed by atoms with Crippen LogP contribution in [0.2, 0.25) is 0 Å². The second kappa shape index (κ2) is 9.23. The van der Waals surface area contributed by atoms with Crippen molar-refractivity contribution in [1.82, 2.24) is 4.90 Å². The van der Waals surface area contributed by atoms with Gasteiger partial charge in [0.25, 0.3) is 5.91 Å². The molecule has 0 fully saturated rings. The number of nitrogens with zero attached hydrogens (tertiary/aromatic N) is 1. The number of carbonyl (C=O) groups is 1. The summed E-state index contributed by atoms with van der Waals surface area (Å²) in [6, 6.07) is 24.9. The number of carbonyl (C=O) groups excluding carboxylic acids is 1. The van der Waals surface area contributed by atoms with Gasteiger partial charge in [0, 0.05) is 23.5 Å². The number of hydrogen-bond donors (Lipinski definition) is 1. The fourth-order valence-corrected chi connectivity index (χ4v) is 5.17. The Bertz CT molecular complexity index is 1190. The molecule has 0 bridgehead atoms. The number of likely N-dealkylation sites (N-methyl/N-ethyl adjacent to an activating group) is 1. The number of benzene rings is 3. The first-order chi connectivity index (χ1) is 14.7. The van der Waals surface area contributed by atoms with Crippen molar-refractivity contribution in [2.75, 3.05) is 25.5 Å². The van der Waals surface area contributed by atoms with E-state index in [2.05, 4.69) is 65.8 Å². The Morgan fingerprint density at radius 3 is 2.48 bits per heavy atom. The molecule has 5 heteroatoms. The van der Waals surface area contributed by atoms with Crippen LogP contribution in [-0.2, 0) is 12.8 Å². The third-order valence-electron chi connectivity index (χ3n) is 5.84. The zero-order chi connectivity index (χ0) is 20.5. The number of rotatable bonds is 3. The van der Waals surface area contributed by atoms with E-state index >= 15 is 0 Å². The molecule has 0 unspecified atom stereocenters. The summed E-state index contributed by atoms with van der Waals surface area (Å²) in [5.74, 6) is -0.0408. The number of nitrogens with one attached hydrogen (secondary N) is 1. The van der Waals surface area contributed by atoms with Crippen molar-refractivity contribution in [3.05, 3.63) is 88.8 Å². The second-order valence-corrected chi connectivity index (χ2v) is 9.02. The number of halogens is 1. The van der Waals surface area contributed by atoms with Gasteiger partial charge in [-0.05, 0) is 71.8 Å². The zero-order valence-corrected chi connectivity index (χ0v) is 19.1. The van der Waals surface area contributed by atoms with E-state index in [1.165, 1.54) is 33.6 Å². The van der Waals surface area contributed by atoms with Crippen molar-refractivity contribution < 1.29 is 4.79 Å². The number of thiophene rings is 1. The predicted octanol–water partition coefficient (Wildman–Crippen LogP) is 6.27. The summed E-state index contributed by atoms with van der Waals surface area (Å²) in [5.41, 5.74) is 6.06. The molecule has 0 radical (unpaired) electrons. The monoisotopic (exact) mass is 448 g/mol. The van der Waals surface area contributed by atoms with Crippen LogP contribution in [-0.4, -0.2) is 30.9 Å². The quantitative estimate of drug-likeness (QED) is 0.400. The lowest BCUT2D eigenvalue weighted by Gasteiger charge is -2.16. The molecule has 0 saturated heterocycles. The number of fused-ring (bicyclic) bond motifs is 2. The van der Waals surface area contributed by atoms with Gasteiger partial charge < -0.3 is 10.2 Å². The largest absolute Gasteiger partial charge is 0.321 e. The lowest BCUT2D eigenvalue weighted by atomic mass is 9.92. The third kappa shape index (κ3) is 4.52. The second-order valence-electron chi connectivity index (χ2n) is 7.93. The molecule has 1 aliphatic heterocycles. The minimum Gasteiger partial charge on any atom is -0.321 e. The highest BCUT2D eigenvalue weighted by atomic mass is 35.5. The van der Waals surface area contributed by atoms with E-state index in [1.54, 1.807) is 0 Å². The van der Waals surface area contributed by atoms with Gasteiger partial charge >= 0.3 is 0 Å². The van der Waals surface area contributed by atoms with Gasteiger partial charge in [-0.2, -0.15) is 0 Å². The van der Waals surface area contributed by atoms with Gasteiger partial charge in [-0.3, -0.25) is 4.79 Å². The molecule has 1 amide bonds. The predicted molar refractivity (Wildman–Crippen MR) is 134 cm³/mol. The van der Waals surface area contributed by atoms with Crippen LogP contribution in [0.15, 0.2) is 72.8 Å². The first-order valence-corrected chi connectivity index (χ1v) is 11.2. The van der Waals surface area contributed by atoms with Gasteiger partial charge in [0.05, 0.1) is 4.88 Å². The van der Waals surface area contributed by atoms with Crippen molar-refractivity contribution in [2.45, 2.75) is 12.8 Å². The molecular formula is C26H25ClN2OS. The highest BCUT2D eigenvalue weighted by Crippen LogP contribution is 2.33. The maximum absolute atomic E-state index is 13.0. The molecule has 2 heterocycles. The first-order valence-electron chi connectivity index (χ1n) is 10.4. The lowest BCUT2D eigenvalue weighted by molar-refractivity contribution is 0.103. The molecule has 1 aromatic heterocycles. The molecule has 31 heavy (non-hydrogen) atoms. The van der Waals surface area contributed by atoms with Crippen LogP contribution in [0.1, 0.15) is 20.8 Å². The molecule has 0 saturated carbocycles. The Kier molecular flexibility index (Phi) is 6.42. The molecule has 0 atom stereocenters. The van der Waals surface area contributed by atoms with Crippen molar-refractivity contribution in [3.8, 4) is 11.1 Å². The summed E-state index contributed by atoms with van der Waals surface area (Å²) < 4.78 is 1.14. The van der Waals surface area contributed by atoms with Crippen LogP contribution in [0.3, 0.4) is 0 Å². The average molecular weight is 449 g/mol. The fraction of sp³-hybridized carbons (Fsp3) is 0.192. The Hall–Kier alpha value is -2.66. The van der Waals surface area contributed by atoms with E-state index in [0.29, 0.717) is 0 Å². The summed E-state index contributed by atoms with van der Waals surface area (Å²) >= 11 is 1.54. The summed E-state index contributed by atoms with van der Waals surface area (Å²) in [6.07, 6.45) is 2.03. The van der Waals surface area contributed by atoms with Crippen LogP contribution in [0, 0.1) is 0 Å². The van der Waals surface area contributed by atoms with Crippen LogP contribution in [0.5, 0.6) is 0 Å². The molecule has 5 rings (SSSR count). The molecule has 3 nitrogen and oxygen atoms in total. The smallest absolute Gasteiger partial charge is 0.265 e. The van der Waals surface area contributed by atoms with Crippen LogP contribution < -0.4 is 5.32 Å². The van der Waals surface area contributed by atoms with Crippen molar-refractivity contribution in [2.24, 2.45) is 0 Å². The molecule has 0 aliphatic carbocycles. The number of amides is 1. The van der Waals surface area contributed by atoms with E-state index in [1.807, 2.05) is 24.3 Å². The molecule has 4 aromatic rings. The van der Waals surface area contributed by atoms with Gasteiger partial charge in [0.15, 0.2) is 0 Å². The van der Waals surface area contributed by atoms with Gasteiger partial charge in [-0.15, -0.1) is 23.7 Å². The minimum absolute atomic E-state index is 0. The number of hydrogen-bond acceptors (Lipinski definition) is 3. The third-order valence-corrected chi connectivity index (χ3v) is 6.96. The van der Waals surface area contributed by atoms with Gasteiger partial charge in [0.1, 0.15) is 0 Å². The minimum atomic E-state index is -0.0408. The summed E-state index contributed by atoms with van der Waals surface area (Å²) in [7, 11) is 2.18. The normalized spacial score (nSPS) is 13.8. The Balaban J connectivity index is 0.00000231. The number of anilines is 1. The SMILES string of the molecule is CN1CCc2cc(NC(=O)c3cc4ccccc4s3)cc(-c3ccccc3)c2CC1.Cl. The molecule has 158 valence electrons. The van der Waals surface area contributed by atoms with Gasteiger partial charge in [0.2, 0.25) is 0 Å². The van der Waals surface area contributed by atoms with Crippen LogP contribution >= 0.6 is 23.7 Å². The average Bonchev–Trinajstić information content (AvgIpc) is 3.12. The van der Waals surface area contributed by atoms with E-state index in [-0.39, 0.29) is 18.3 Å². The molecule has 1 aliphatic rings. The lowest BCUT2D eigenvalue weighted by Crippen LogP contribution is -2.20. The van der Waals surface area contributed by atoms with Crippen molar-refractivity contribution in [1.29, 1.82) is 0 Å². The van der Waals surface area contributed by atoms with E-state index in [9.17, 15) is 4.79 Å². The highest BCUT2D eigenvalue weighted by Gasteiger charge is 2.18. The zero-order valence-electron chi connectivity index (χ0n) is 17.4. The van der Waals surface area contributed by atoms with E-state index < -0.39 is 0 Å². The van der Waals surface area contributed by atoms with Crippen molar-refractivity contribution in [3.63, 3.8) is 0 Å². The maximum atomic E-state index is 13.0. The Morgan fingerprint density at radius 1 is 0.935 bits per heavy atom. The van der Waals surface area contributed by atoms with E-state index in [4.69, 9.17) is 0 Å². The first kappa shape index (κ1) is 21.6. The van der Waals surface area contributed by atoms with Crippen molar-refractivity contribution >= 4 is 45.4 Å². The Morgan fingerprint density at radius 2 is 1.68 bits per heavy atom. The fourth-order valence-electron chi connectivity index (χ4n) is 4.21. The van der Waals surface area contributed by atoms with E-state index in [0.717, 1.165) is 46.6 Å². The standard InChI is InChI=1S/C26H24N2OS.ClH/c1-28-13-11-19-15-21(17-23(22(19)12-14-28)18-7-3-2-4-8-18)27-26(29)25-16-20-9-5-6-10-24(20)30-25;/h2-10,15-17H,11-14H2,1H3,(H,27,29);1H. The molecular weight excluding hydrogens is 424 g/mol. The Labute approximate surface area is 193 Å². The summed E-state index contributed by atoms with van der Waals surface area (Å²) in [4.78, 5) is 16.1.